The maximum absolute atomic E-state index is 11.7. The molecule has 0 radical (unpaired) electrons. The van der Waals surface area contributed by atoms with E-state index in [9.17, 15) is 4.79 Å². The maximum atomic E-state index is 11.7. The van der Waals surface area contributed by atoms with E-state index in [4.69, 9.17) is 4.74 Å². The Morgan fingerprint density at radius 1 is 1.41 bits per heavy atom. The van der Waals surface area contributed by atoms with Gasteiger partial charge in [-0.1, -0.05) is 19.9 Å². The molecule has 2 rings (SSSR count). The number of methoxy groups -OCH3 is 1. The van der Waals surface area contributed by atoms with Crippen molar-refractivity contribution in [2.45, 2.75) is 20.3 Å². The van der Waals surface area contributed by atoms with Gasteiger partial charge in [-0.15, -0.1) is 0 Å². The average molecular weight is 305 g/mol. The molecule has 0 bridgehead atoms. The summed E-state index contributed by atoms with van der Waals surface area (Å²) in [5, 5.41) is 5.86. The molecule has 0 aliphatic carbocycles. The molecule has 2 N–H and O–H groups in total. The van der Waals surface area contributed by atoms with E-state index in [1.165, 1.54) is 5.69 Å². The first-order valence-electron chi connectivity index (χ1n) is 7.99. The van der Waals surface area contributed by atoms with Crippen LogP contribution in [0.25, 0.3) is 0 Å². The number of nitrogens with one attached hydrogen (secondary N) is 2. The van der Waals surface area contributed by atoms with Gasteiger partial charge in [0.25, 0.3) is 0 Å². The van der Waals surface area contributed by atoms with Gasteiger partial charge in [0.1, 0.15) is 5.75 Å². The maximum Gasteiger partial charge on any atom is 0.314 e. The molecule has 5 heteroatoms. The van der Waals surface area contributed by atoms with Gasteiger partial charge in [-0.05, 0) is 30.4 Å². The van der Waals surface area contributed by atoms with Crippen molar-refractivity contribution >= 4 is 11.7 Å². The molecule has 1 heterocycles. The zero-order chi connectivity index (χ0) is 15.9. The van der Waals surface area contributed by atoms with Gasteiger partial charge >= 0.3 is 6.03 Å². The number of amides is 2. The van der Waals surface area contributed by atoms with E-state index in [0.717, 1.165) is 31.8 Å². The number of hydrogen-bond donors (Lipinski definition) is 2. The summed E-state index contributed by atoms with van der Waals surface area (Å²) < 4.78 is 5.27. The summed E-state index contributed by atoms with van der Waals surface area (Å²) >= 11 is 0. The third kappa shape index (κ3) is 4.83. The molecule has 0 spiro atoms. The minimum absolute atomic E-state index is 0.0615. The molecule has 1 aliphatic heterocycles. The second-order valence-electron chi connectivity index (χ2n) is 6.29. The van der Waals surface area contributed by atoms with E-state index in [-0.39, 0.29) is 6.03 Å². The van der Waals surface area contributed by atoms with Crippen LogP contribution in [0.15, 0.2) is 24.3 Å². The quantitative estimate of drug-likeness (QED) is 0.849. The zero-order valence-corrected chi connectivity index (χ0v) is 13.8. The molecule has 2 amide bonds. The number of benzene rings is 1. The lowest BCUT2D eigenvalue weighted by atomic mass is 10.1. The second-order valence-corrected chi connectivity index (χ2v) is 6.29. The number of rotatable bonds is 6. The highest BCUT2D eigenvalue weighted by Gasteiger charge is 2.23. The van der Waals surface area contributed by atoms with Crippen LogP contribution >= 0.6 is 0 Å². The van der Waals surface area contributed by atoms with Gasteiger partial charge < -0.3 is 20.3 Å². The lowest BCUT2D eigenvalue weighted by Crippen LogP contribution is -2.40. The Morgan fingerprint density at radius 2 is 2.23 bits per heavy atom. The Morgan fingerprint density at radius 3 is 2.95 bits per heavy atom. The fraction of sp³-hybridized carbons (Fsp3) is 0.588. The van der Waals surface area contributed by atoms with Crippen molar-refractivity contribution in [1.82, 2.24) is 10.6 Å². The Kier molecular flexibility index (Phi) is 5.92. The summed E-state index contributed by atoms with van der Waals surface area (Å²) in [6.07, 6.45) is 1.10. The van der Waals surface area contributed by atoms with Crippen molar-refractivity contribution in [2.24, 2.45) is 11.8 Å². The first-order chi connectivity index (χ1) is 10.6. The van der Waals surface area contributed by atoms with Gasteiger partial charge in [0, 0.05) is 37.9 Å². The van der Waals surface area contributed by atoms with Crippen molar-refractivity contribution in [2.75, 3.05) is 38.2 Å². The monoisotopic (exact) mass is 305 g/mol. The number of anilines is 1. The fourth-order valence-corrected chi connectivity index (χ4v) is 2.64. The van der Waals surface area contributed by atoms with Crippen LogP contribution in [0.4, 0.5) is 10.5 Å². The van der Waals surface area contributed by atoms with E-state index in [2.05, 4.69) is 41.5 Å². The molecule has 1 atom stereocenters. The van der Waals surface area contributed by atoms with Crippen LogP contribution in [-0.2, 0) is 0 Å². The van der Waals surface area contributed by atoms with Gasteiger partial charge in [-0.3, -0.25) is 0 Å². The molecular formula is C17H27N3O2. The average Bonchev–Trinajstić information content (AvgIpc) is 3.00. The highest BCUT2D eigenvalue weighted by molar-refractivity contribution is 5.73. The van der Waals surface area contributed by atoms with Crippen molar-refractivity contribution in [3.05, 3.63) is 24.3 Å². The zero-order valence-electron chi connectivity index (χ0n) is 13.8. The van der Waals surface area contributed by atoms with Crippen LogP contribution in [0, 0.1) is 11.8 Å². The van der Waals surface area contributed by atoms with E-state index >= 15 is 0 Å². The van der Waals surface area contributed by atoms with Crippen LogP contribution < -0.4 is 20.3 Å². The standard InChI is InChI=1S/C17H27N3O2/c1-13(2)10-18-17(21)19-11-14-7-8-20(12-14)15-5-4-6-16(9-15)22-3/h4-6,9,13-14H,7-8,10-12H2,1-3H3,(H2,18,19,21). The Hall–Kier alpha value is -1.91. The molecule has 22 heavy (non-hydrogen) atoms. The Balaban J connectivity index is 1.76. The molecule has 1 aliphatic rings. The van der Waals surface area contributed by atoms with E-state index in [0.29, 0.717) is 18.4 Å². The number of carbonyl (C=O) groups excluding carboxylic acids is 1. The van der Waals surface area contributed by atoms with E-state index in [1.54, 1.807) is 7.11 Å². The first-order valence-corrected chi connectivity index (χ1v) is 7.99. The van der Waals surface area contributed by atoms with Gasteiger partial charge in [0.2, 0.25) is 0 Å². The highest BCUT2D eigenvalue weighted by atomic mass is 16.5. The number of carbonyl (C=O) groups is 1. The Bertz CT molecular complexity index is 491. The predicted molar refractivity (Wildman–Crippen MR) is 89.6 cm³/mol. The minimum atomic E-state index is -0.0615. The lowest BCUT2D eigenvalue weighted by Gasteiger charge is -2.19. The summed E-state index contributed by atoms with van der Waals surface area (Å²) in [5.74, 6) is 1.85. The molecule has 0 aromatic heterocycles. The van der Waals surface area contributed by atoms with Gasteiger partial charge in [-0.2, -0.15) is 0 Å². The normalized spacial score (nSPS) is 17.6. The SMILES string of the molecule is COc1cccc(N2CCC(CNC(=O)NCC(C)C)C2)c1. The van der Waals surface area contributed by atoms with Gasteiger partial charge in [-0.25, -0.2) is 4.79 Å². The number of nitrogens with zero attached hydrogens (tertiary/aromatic N) is 1. The summed E-state index contributed by atoms with van der Waals surface area (Å²) in [5.41, 5.74) is 1.19. The van der Waals surface area contributed by atoms with Crippen molar-refractivity contribution in [3.8, 4) is 5.75 Å². The highest BCUT2D eigenvalue weighted by Crippen LogP contribution is 2.26. The molecule has 5 nitrogen and oxygen atoms in total. The largest absolute Gasteiger partial charge is 0.497 e. The summed E-state index contributed by atoms with van der Waals surface area (Å²) in [6, 6.07) is 8.07. The second kappa shape index (κ2) is 7.92. The van der Waals surface area contributed by atoms with Crippen LogP contribution in [0.2, 0.25) is 0 Å². The number of hydrogen-bond acceptors (Lipinski definition) is 3. The number of ether oxygens (including phenoxy) is 1. The lowest BCUT2D eigenvalue weighted by molar-refractivity contribution is 0.238. The van der Waals surface area contributed by atoms with E-state index < -0.39 is 0 Å². The number of urea groups is 1. The Labute approximate surface area is 133 Å². The van der Waals surface area contributed by atoms with Crippen molar-refractivity contribution in [3.63, 3.8) is 0 Å². The molecular weight excluding hydrogens is 278 g/mol. The molecule has 1 fully saturated rings. The molecule has 122 valence electrons. The summed E-state index contributed by atoms with van der Waals surface area (Å²) in [7, 11) is 1.69. The topological polar surface area (TPSA) is 53.6 Å². The van der Waals surface area contributed by atoms with Crippen molar-refractivity contribution in [1.29, 1.82) is 0 Å². The van der Waals surface area contributed by atoms with Crippen LogP contribution in [0.5, 0.6) is 5.75 Å². The smallest absolute Gasteiger partial charge is 0.314 e. The first kappa shape index (κ1) is 16.5. The fourth-order valence-electron chi connectivity index (χ4n) is 2.64. The molecule has 0 saturated carbocycles. The van der Waals surface area contributed by atoms with E-state index in [1.807, 2.05) is 12.1 Å². The molecule has 1 aromatic carbocycles. The summed E-state index contributed by atoms with van der Waals surface area (Å²) in [4.78, 5) is 14.0. The summed E-state index contributed by atoms with van der Waals surface area (Å²) in [6.45, 7) is 7.61. The van der Waals surface area contributed by atoms with Crippen LogP contribution in [0.1, 0.15) is 20.3 Å². The third-order valence-electron chi connectivity index (χ3n) is 3.93. The molecule has 1 aromatic rings. The molecule has 1 unspecified atom stereocenters. The van der Waals surface area contributed by atoms with Gasteiger partial charge in [0.05, 0.1) is 7.11 Å². The minimum Gasteiger partial charge on any atom is -0.497 e. The van der Waals surface area contributed by atoms with Crippen LogP contribution in [0.3, 0.4) is 0 Å². The molecule has 1 saturated heterocycles. The van der Waals surface area contributed by atoms with Gasteiger partial charge in [0.15, 0.2) is 0 Å². The third-order valence-corrected chi connectivity index (χ3v) is 3.93. The predicted octanol–water partition coefficient (Wildman–Crippen LogP) is 2.48. The van der Waals surface area contributed by atoms with Crippen molar-refractivity contribution < 1.29 is 9.53 Å². The van der Waals surface area contributed by atoms with Crippen LogP contribution in [-0.4, -0.2) is 39.3 Å².